The van der Waals surface area contributed by atoms with Gasteiger partial charge in [-0.25, -0.2) is 0 Å². The standard InChI is InChI=1S/C15H22N2O4/c1-5-21-13-10-11(6-7-12(13)20-4)15(19)17(3)9-8-14(18)16-2/h6-7,10H,5,8-9H2,1-4H3,(H,16,18). The third-order valence-electron chi connectivity index (χ3n) is 3.01. The maximum atomic E-state index is 12.3. The van der Waals surface area contributed by atoms with Crippen LogP contribution in [-0.4, -0.2) is 51.1 Å². The highest BCUT2D eigenvalue weighted by Gasteiger charge is 2.15. The van der Waals surface area contributed by atoms with E-state index in [0.717, 1.165) is 0 Å². The van der Waals surface area contributed by atoms with E-state index in [0.29, 0.717) is 30.2 Å². The number of amides is 2. The lowest BCUT2D eigenvalue weighted by Crippen LogP contribution is -2.31. The molecule has 21 heavy (non-hydrogen) atoms. The van der Waals surface area contributed by atoms with Crippen LogP contribution in [0.4, 0.5) is 0 Å². The second-order valence-electron chi connectivity index (χ2n) is 4.45. The van der Waals surface area contributed by atoms with Crippen molar-refractivity contribution in [3.8, 4) is 11.5 Å². The second-order valence-corrected chi connectivity index (χ2v) is 4.45. The normalized spacial score (nSPS) is 9.90. The minimum absolute atomic E-state index is 0.0978. The van der Waals surface area contributed by atoms with Crippen molar-refractivity contribution in [1.82, 2.24) is 10.2 Å². The molecule has 6 nitrogen and oxygen atoms in total. The molecule has 6 heteroatoms. The molecule has 0 atom stereocenters. The molecule has 116 valence electrons. The molecule has 0 radical (unpaired) electrons. The Balaban J connectivity index is 2.81. The van der Waals surface area contributed by atoms with E-state index in [2.05, 4.69) is 5.32 Å². The number of methoxy groups -OCH3 is 1. The summed E-state index contributed by atoms with van der Waals surface area (Å²) in [4.78, 5) is 25.0. The molecule has 0 saturated heterocycles. The number of rotatable bonds is 7. The quantitative estimate of drug-likeness (QED) is 0.823. The lowest BCUT2D eigenvalue weighted by Gasteiger charge is -2.18. The summed E-state index contributed by atoms with van der Waals surface area (Å²) in [6.07, 6.45) is 0.271. The second kappa shape index (κ2) is 8.14. The maximum Gasteiger partial charge on any atom is 0.253 e. The number of carbonyl (C=O) groups excluding carboxylic acids is 2. The lowest BCUT2D eigenvalue weighted by atomic mass is 10.1. The van der Waals surface area contributed by atoms with Gasteiger partial charge in [0.15, 0.2) is 11.5 Å². The zero-order chi connectivity index (χ0) is 15.8. The van der Waals surface area contributed by atoms with Gasteiger partial charge in [0.2, 0.25) is 5.91 Å². The molecule has 0 fully saturated rings. The molecule has 0 aromatic heterocycles. The Bertz CT molecular complexity index is 502. The first-order chi connectivity index (χ1) is 10.0. The van der Waals surface area contributed by atoms with Gasteiger partial charge < -0.3 is 19.7 Å². The molecule has 0 unspecified atom stereocenters. The van der Waals surface area contributed by atoms with E-state index in [9.17, 15) is 9.59 Å². The SMILES string of the molecule is CCOc1cc(C(=O)N(C)CCC(=O)NC)ccc1OC. The van der Waals surface area contributed by atoms with E-state index < -0.39 is 0 Å². The number of nitrogens with one attached hydrogen (secondary N) is 1. The van der Waals surface area contributed by atoms with Gasteiger partial charge in [-0.05, 0) is 25.1 Å². The summed E-state index contributed by atoms with van der Waals surface area (Å²) in [6.45, 7) is 2.71. The average molecular weight is 294 g/mol. The predicted molar refractivity (Wildman–Crippen MR) is 79.8 cm³/mol. The van der Waals surface area contributed by atoms with Crippen LogP contribution in [0.5, 0.6) is 11.5 Å². The van der Waals surface area contributed by atoms with E-state index in [1.165, 1.54) is 4.90 Å². The molecular weight excluding hydrogens is 272 g/mol. The first-order valence-electron chi connectivity index (χ1n) is 6.80. The van der Waals surface area contributed by atoms with Crippen LogP contribution < -0.4 is 14.8 Å². The molecule has 1 rings (SSSR count). The highest BCUT2D eigenvalue weighted by atomic mass is 16.5. The van der Waals surface area contributed by atoms with Gasteiger partial charge in [-0.3, -0.25) is 9.59 Å². The summed E-state index contributed by atoms with van der Waals surface area (Å²) in [7, 11) is 4.78. The molecule has 1 N–H and O–H groups in total. The molecular formula is C15H22N2O4. The fourth-order valence-corrected chi connectivity index (χ4v) is 1.79. The van der Waals surface area contributed by atoms with Crippen LogP contribution in [0.25, 0.3) is 0 Å². The van der Waals surface area contributed by atoms with Crippen LogP contribution in [-0.2, 0) is 4.79 Å². The van der Waals surface area contributed by atoms with Crippen molar-refractivity contribution < 1.29 is 19.1 Å². The molecule has 1 aromatic carbocycles. The Hall–Kier alpha value is -2.24. The Morgan fingerprint density at radius 3 is 2.57 bits per heavy atom. The van der Waals surface area contributed by atoms with Crippen molar-refractivity contribution in [3.05, 3.63) is 23.8 Å². The van der Waals surface area contributed by atoms with Crippen LogP contribution in [0.15, 0.2) is 18.2 Å². The van der Waals surface area contributed by atoms with Crippen molar-refractivity contribution >= 4 is 11.8 Å². The minimum atomic E-state index is -0.164. The Kier molecular flexibility index (Phi) is 6.52. The van der Waals surface area contributed by atoms with Crippen LogP contribution in [0.2, 0.25) is 0 Å². The first kappa shape index (κ1) is 16.8. The van der Waals surface area contributed by atoms with Gasteiger partial charge >= 0.3 is 0 Å². The number of carbonyl (C=O) groups is 2. The first-order valence-corrected chi connectivity index (χ1v) is 6.80. The van der Waals surface area contributed by atoms with Gasteiger partial charge in [0.1, 0.15) is 0 Å². The summed E-state index contributed by atoms with van der Waals surface area (Å²) >= 11 is 0. The maximum absolute atomic E-state index is 12.3. The number of ether oxygens (including phenoxy) is 2. The monoisotopic (exact) mass is 294 g/mol. The van der Waals surface area contributed by atoms with Crippen molar-refractivity contribution in [3.63, 3.8) is 0 Å². The molecule has 2 amide bonds. The zero-order valence-electron chi connectivity index (χ0n) is 12.9. The molecule has 0 bridgehead atoms. The van der Waals surface area contributed by atoms with E-state index in [1.54, 1.807) is 39.4 Å². The van der Waals surface area contributed by atoms with Crippen molar-refractivity contribution in [2.24, 2.45) is 0 Å². The minimum Gasteiger partial charge on any atom is -0.493 e. The van der Waals surface area contributed by atoms with Crippen LogP contribution >= 0.6 is 0 Å². The summed E-state index contributed by atoms with van der Waals surface area (Å²) in [5.74, 6) is 0.855. The van der Waals surface area contributed by atoms with E-state index in [-0.39, 0.29) is 18.2 Å². The molecule has 0 heterocycles. The van der Waals surface area contributed by atoms with Gasteiger partial charge in [-0.2, -0.15) is 0 Å². The van der Waals surface area contributed by atoms with Crippen molar-refractivity contribution in [2.75, 3.05) is 34.4 Å². The Labute approximate surface area is 125 Å². The zero-order valence-corrected chi connectivity index (χ0v) is 12.9. The van der Waals surface area contributed by atoms with E-state index in [4.69, 9.17) is 9.47 Å². The fourth-order valence-electron chi connectivity index (χ4n) is 1.79. The Morgan fingerprint density at radius 2 is 2.00 bits per heavy atom. The number of hydrogen-bond acceptors (Lipinski definition) is 4. The highest BCUT2D eigenvalue weighted by molar-refractivity contribution is 5.95. The van der Waals surface area contributed by atoms with Crippen LogP contribution in [0, 0.1) is 0 Å². The fraction of sp³-hybridized carbons (Fsp3) is 0.467. The van der Waals surface area contributed by atoms with Gasteiger partial charge in [0.05, 0.1) is 13.7 Å². The van der Waals surface area contributed by atoms with E-state index >= 15 is 0 Å². The smallest absolute Gasteiger partial charge is 0.253 e. The van der Waals surface area contributed by atoms with Crippen LogP contribution in [0.3, 0.4) is 0 Å². The van der Waals surface area contributed by atoms with Crippen molar-refractivity contribution in [1.29, 1.82) is 0 Å². The topological polar surface area (TPSA) is 67.9 Å². The van der Waals surface area contributed by atoms with Crippen molar-refractivity contribution in [2.45, 2.75) is 13.3 Å². The van der Waals surface area contributed by atoms with Gasteiger partial charge in [-0.1, -0.05) is 0 Å². The predicted octanol–water partition coefficient (Wildman–Crippen LogP) is 1.30. The van der Waals surface area contributed by atoms with E-state index in [1.807, 2.05) is 6.92 Å². The lowest BCUT2D eigenvalue weighted by molar-refractivity contribution is -0.120. The third-order valence-corrected chi connectivity index (χ3v) is 3.01. The molecule has 0 spiro atoms. The Morgan fingerprint density at radius 1 is 1.29 bits per heavy atom. The summed E-state index contributed by atoms with van der Waals surface area (Å²) < 4.78 is 10.6. The summed E-state index contributed by atoms with van der Waals surface area (Å²) in [5.41, 5.74) is 0.499. The summed E-state index contributed by atoms with van der Waals surface area (Å²) in [5, 5.41) is 2.53. The van der Waals surface area contributed by atoms with Gasteiger partial charge in [-0.15, -0.1) is 0 Å². The summed E-state index contributed by atoms with van der Waals surface area (Å²) in [6, 6.07) is 5.03. The average Bonchev–Trinajstić information content (AvgIpc) is 2.51. The molecule has 0 aliphatic carbocycles. The largest absolute Gasteiger partial charge is 0.493 e. The molecule has 0 aliphatic heterocycles. The van der Waals surface area contributed by atoms with Gasteiger partial charge in [0.25, 0.3) is 5.91 Å². The number of hydrogen-bond donors (Lipinski definition) is 1. The van der Waals surface area contributed by atoms with Crippen LogP contribution in [0.1, 0.15) is 23.7 Å². The molecule has 1 aromatic rings. The highest BCUT2D eigenvalue weighted by Crippen LogP contribution is 2.28. The number of nitrogens with zero attached hydrogens (tertiary/aromatic N) is 1. The molecule has 0 aliphatic rings. The van der Waals surface area contributed by atoms with Gasteiger partial charge in [0, 0.05) is 32.6 Å². The third kappa shape index (κ3) is 4.66. The molecule has 0 saturated carbocycles. The number of benzene rings is 1.